The molecule has 208 valence electrons. The van der Waals surface area contributed by atoms with Crippen molar-refractivity contribution in [1.82, 2.24) is 10.2 Å². The average molecular weight is 570 g/mol. The summed E-state index contributed by atoms with van der Waals surface area (Å²) in [7, 11) is -4.13. The van der Waals surface area contributed by atoms with Gasteiger partial charge < -0.3 is 10.2 Å². The van der Waals surface area contributed by atoms with Crippen molar-refractivity contribution in [3.63, 3.8) is 0 Å². The van der Waals surface area contributed by atoms with Gasteiger partial charge in [0.1, 0.15) is 12.6 Å². The van der Waals surface area contributed by atoms with Crippen LogP contribution in [0, 0.1) is 13.8 Å². The van der Waals surface area contributed by atoms with Gasteiger partial charge in [0.15, 0.2) is 0 Å². The lowest BCUT2D eigenvalue weighted by Crippen LogP contribution is -2.51. The molecule has 1 unspecified atom stereocenters. The van der Waals surface area contributed by atoms with E-state index >= 15 is 0 Å². The second-order valence-corrected chi connectivity index (χ2v) is 11.9. The van der Waals surface area contributed by atoms with Crippen LogP contribution in [0.3, 0.4) is 0 Å². The van der Waals surface area contributed by atoms with E-state index in [0.29, 0.717) is 17.3 Å². The lowest BCUT2D eigenvalue weighted by atomic mass is 10.1. The number of sulfonamides is 1. The third-order valence-electron chi connectivity index (χ3n) is 6.40. The van der Waals surface area contributed by atoms with E-state index in [2.05, 4.69) is 5.32 Å². The van der Waals surface area contributed by atoms with Crippen LogP contribution in [-0.4, -0.2) is 44.3 Å². The fourth-order valence-electron chi connectivity index (χ4n) is 4.17. The van der Waals surface area contributed by atoms with Gasteiger partial charge in [-0.25, -0.2) is 8.42 Å². The van der Waals surface area contributed by atoms with Crippen molar-refractivity contribution in [2.24, 2.45) is 0 Å². The van der Waals surface area contributed by atoms with E-state index in [9.17, 15) is 18.0 Å². The maximum Gasteiger partial charge on any atom is 0.264 e. The molecule has 0 aromatic heterocycles. The largest absolute Gasteiger partial charge is 0.354 e. The Labute approximate surface area is 236 Å². The van der Waals surface area contributed by atoms with Gasteiger partial charge in [0, 0.05) is 18.1 Å². The molecule has 39 heavy (non-hydrogen) atoms. The molecular formula is C30H36ClN3O4S. The maximum atomic E-state index is 13.9. The number of aryl methyl sites for hydroxylation is 2. The Morgan fingerprint density at radius 3 is 2.21 bits per heavy atom. The first-order valence-electron chi connectivity index (χ1n) is 13.0. The van der Waals surface area contributed by atoms with Crippen molar-refractivity contribution < 1.29 is 18.0 Å². The molecule has 3 aromatic rings. The van der Waals surface area contributed by atoms with Crippen molar-refractivity contribution in [2.45, 2.75) is 58.0 Å². The van der Waals surface area contributed by atoms with Crippen LogP contribution in [0.15, 0.2) is 77.7 Å². The van der Waals surface area contributed by atoms with Gasteiger partial charge in [-0.1, -0.05) is 66.9 Å². The molecule has 0 aliphatic carbocycles. The molecule has 9 heteroatoms. The Kier molecular flexibility index (Phi) is 10.5. The average Bonchev–Trinajstić information content (AvgIpc) is 2.90. The van der Waals surface area contributed by atoms with E-state index in [1.54, 1.807) is 25.1 Å². The van der Waals surface area contributed by atoms with Gasteiger partial charge >= 0.3 is 0 Å². The van der Waals surface area contributed by atoms with Crippen molar-refractivity contribution in [1.29, 1.82) is 0 Å². The number of anilines is 1. The van der Waals surface area contributed by atoms with Crippen LogP contribution in [0.1, 0.15) is 43.4 Å². The number of hydrogen-bond acceptors (Lipinski definition) is 4. The highest BCUT2D eigenvalue weighted by molar-refractivity contribution is 7.92. The Morgan fingerprint density at radius 1 is 0.949 bits per heavy atom. The number of rotatable bonds is 12. The Morgan fingerprint density at radius 2 is 1.59 bits per heavy atom. The number of carbonyl (C=O) groups excluding carboxylic acids is 2. The van der Waals surface area contributed by atoms with Crippen LogP contribution in [0.2, 0.25) is 5.02 Å². The van der Waals surface area contributed by atoms with Crippen molar-refractivity contribution in [2.75, 3.05) is 17.4 Å². The first-order valence-corrected chi connectivity index (χ1v) is 14.8. The number of halogens is 1. The zero-order valence-corrected chi connectivity index (χ0v) is 24.4. The lowest BCUT2D eigenvalue weighted by molar-refractivity contribution is -0.139. The minimum Gasteiger partial charge on any atom is -0.354 e. The van der Waals surface area contributed by atoms with E-state index in [4.69, 9.17) is 11.6 Å². The molecule has 0 radical (unpaired) electrons. The molecule has 0 bridgehead atoms. The highest BCUT2D eigenvalue weighted by Crippen LogP contribution is 2.26. The smallest absolute Gasteiger partial charge is 0.264 e. The van der Waals surface area contributed by atoms with Crippen molar-refractivity contribution in [3.05, 3.63) is 94.5 Å². The first-order chi connectivity index (χ1) is 18.5. The Hall–Kier alpha value is -3.36. The number of unbranched alkanes of at least 4 members (excludes halogenated alkanes) is 1. The summed E-state index contributed by atoms with van der Waals surface area (Å²) in [6.07, 6.45) is 1.75. The number of amides is 2. The van der Waals surface area contributed by atoms with Crippen molar-refractivity contribution in [3.8, 4) is 0 Å². The highest BCUT2D eigenvalue weighted by atomic mass is 35.5. The third kappa shape index (κ3) is 8.07. The highest BCUT2D eigenvalue weighted by Gasteiger charge is 2.32. The molecule has 0 fully saturated rings. The Balaban J connectivity index is 2.00. The predicted molar refractivity (Wildman–Crippen MR) is 156 cm³/mol. The van der Waals surface area contributed by atoms with Crippen LogP contribution < -0.4 is 9.62 Å². The summed E-state index contributed by atoms with van der Waals surface area (Å²) in [6.45, 7) is 7.69. The van der Waals surface area contributed by atoms with E-state index in [-0.39, 0.29) is 17.3 Å². The standard InChI is InChI=1S/C30H36ClN3O4S/c1-5-6-17-32-30(36)24(4)33(20-25-11-7-9-22(2)18-25)29(35)21-34(27-12-8-10-23(3)19-27)39(37,38)28-15-13-26(31)14-16-28/h7-16,18-19,24H,5-6,17,20-21H2,1-4H3,(H,32,36). The quantitative estimate of drug-likeness (QED) is 0.292. The molecule has 1 N–H and O–H groups in total. The van der Waals surface area contributed by atoms with Crippen molar-refractivity contribution >= 4 is 39.1 Å². The second-order valence-electron chi connectivity index (χ2n) is 9.64. The van der Waals surface area contributed by atoms with Crippen LogP contribution in [0.4, 0.5) is 5.69 Å². The minimum atomic E-state index is -4.13. The summed E-state index contributed by atoms with van der Waals surface area (Å²) >= 11 is 6.00. The molecule has 0 aliphatic rings. The number of carbonyl (C=O) groups is 2. The monoisotopic (exact) mass is 569 g/mol. The molecule has 3 rings (SSSR count). The summed E-state index contributed by atoms with van der Waals surface area (Å²) in [5.74, 6) is -0.777. The van der Waals surface area contributed by atoms with Gasteiger partial charge in [-0.05, 0) is 74.7 Å². The van der Waals surface area contributed by atoms with Gasteiger partial charge in [0.05, 0.1) is 10.6 Å². The lowest BCUT2D eigenvalue weighted by Gasteiger charge is -2.32. The molecule has 1 atom stereocenters. The molecule has 0 saturated carbocycles. The van der Waals surface area contributed by atoms with Crippen LogP contribution in [-0.2, 0) is 26.2 Å². The number of hydrogen-bond donors (Lipinski definition) is 1. The molecule has 0 heterocycles. The zero-order valence-electron chi connectivity index (χ0n) is 22.9. The minimum absolute atomic E-state index is 0.0109. The van der Waals surface area contributed by atoms with Gasteiger partial charge in [0.25, 0.3) is 10.0 Å². The van der Waals surface area contributed by atoms with E-state index in [1.165, 1.54) is 29.2 Å². The summed E-state index contributed by atoms with van der Waals surface area (Å²) in [4.78, 5) is 28.4. The van der Waals surface area contributed by atoms with Crippen LogP contribution in [0.5, 0.6) is 0 Å². The van der Waals surface area contributed by atoms with Gasteiger partial charge in [-0.2, -0.15) is 0 Å². The maximum absolute atomic E-state index is 13.9. The second kappa shape index (κ2) is 13.6. The Bertz CT molecular complexity index is 1390. The summed E-state index contributed by atoms with van der Waals surface area (Å²) in [5.41, 5.74) is 3.07. The predicted octanol–water partition coefficient (Wildman–Crippen LogP) is 5.49. The van der Waals surface area contributed by atoms with Gasteiger partial charge in [0.2, 0.25) is 11.8 Å². The fourth-order valence-corrected chi connectivity index (χ4v) is 5.70. The van der Waals surface area contributed by atoms with E-state index in [0.717, 1.165) is 33.8 Å². The number of nitrogens with zero attached hydrogens (tertiary/aromatic N) is 2. The molecule has 0 aliphatic heterocycles. The summed E-state index contributed by atoms with van der Waals surface area (Å²) < 4.78 is 28.7. The third-order valence-corrected chi connectivity index (χ3v) is 8.44. The summed E-state index contributed by atoms with van der Waals surface area (Å²) in [6, 6.07) is 19.7. The number of nitrogens with one attached hydrogen (secondary N) is 1. The topological polar surface area (TPSA) is 86.8 Å². The van der Waals surface area contributed by atoms with E-state index < -0.39 is 28.5 Å². The van der Waals surface area contributed by atoms with Crippen LogP contribution in [0.25, 0.3) is 0 Å². The first kappa shape index (κ1) is 30.2. The van der Waals surface area contributed by atoms with Gasteiger partial charge in [-0.3, -0.25) is 13.9 Å². The molecule has 2 amide bonds. The van der Waals surface area contributed by atoms with Gasteiger partial charge in [-0.15, -0.1) is 0 Å². The molecular weight excluding hydrogens is 534 g/mol. The normalized spacial score (nSPS) is 12.0. The zero-order chi connectivity index (χ0) is 28.6. The summed E-state index contributed by atoms with van der Waals surface area (Å²) in [5, 5.41) is 3.29. The SMILES string of the molecule is CCCCNC(=O)C(C)N(Cc1cccc(C)c1)C(=O)CN(c1cccc(C)c1)S(=O)(=O)c1ccc(Cl)cc1. The fraction of sp³-hybridized carbons (Fsp3) is 0.333. The molecule has 7 nitrogen and oxygen atoms in total. The van der Waals surface area contributed by atoms with Crippen LogP contribution >= 0.6 is 11.6 Å². The number of benzene rings is 3. The molecule has 3 aromatic carbocycles. The van der Waals surface area contributed by atoms with E-state index in [1.807, 2.05) is 51.1 Å². The molecule has 0 spiro atoms. The molecule has 0 saturated heterocycles.